The second-order valence-corrected chi connectivity index (χ2v) is 9.56. The third-order valence-electron chi connectivity index (χ3n) is 5.55. The lowest BCUT2D eigenvalue weighted by Crippen LogP contribution is -2.42. The molecule has 4 aromatic rings. The predicted molar refractivity (Wildman–Crippen MR) is 136 cm³/mol. The highest BCUT2D eigenvalue weighted by Crippen LogP contribution is 2.29. The van der Waals surface area contributed by atoms with Crippen molar-refractivity contribution >= 4 is 38.3 Å². The molecule has 33 heavy (non-hydrogen) atoms. The second kappa shape index (κ2) is 10.1. The van der Waals surface area contributed by atoms with Crippen molar-refractivity contribution in [1.29, 1.82) is 0 Å². The van der Waals surface area contributed by atoms with E-state index in [1.54, 1.807) is 12.5 Å². The van der Waals surface area contributed by atoms with Gasteiger partial charge < -0.3 is 15.2 Å². The third-order valence-corrected chi connectivity index (χ3v) is 6.49. The summed E-state index contributed by atoms with van der Waals surface area (Å²) < 4.78 is 2.93. The summed E-state index contributed by atoms with van der Waals surface area (Å²) in [7, 11) is 0. The van der Waals surface area contributed by atoms with Gasteiger partial charge >= 0.3 is 0 Å². The summed E-state index contributed by atoms with van der Waals surface area (Å²) in [4.78, 5) is 23.8. The number of imidazole rings is 1. The Morgan fingerprint density at radius 1 is 1.09 bits per heavy atom. The van der Waals surface area contributed by atoms with Gasteiger partial charge in [-0.3, -0.25) is 9.69 Å². The molecule has 172 valence electrons. The Labute approximate surface area is 198 Å². The first-order chi connectivity index (χ1) is 15.9. The zero-order valence-electron chi connectivity index (χ0n) is 19.4. The number of benzene rings is 2. The third kappa shape index (κ3) is 5.58. The molecule has 2 heterocycles. The van der Waals surface area contributed by atoms with Gasteiger partial charge in [-0.25, -0.2) is 9.97 Å². The average molecular weight is 463 g/mol. The number of hydrogen-bond acceptors (Lipinski definition) is 6. The zero-order chi connectivity index (χ0) is 23.4. The fourth-order valence-corrected chi connectivity index (χ4v) is 4.81. The smallest absolute Gasteiger partial charge is 0.251 e. The van der Waals surface area contributed by atoms with Gasteiger partial charge in [0.2, 0.25) is 0 Å². The van der Waals surface area contributed by atoms with Crippen molar-refractivity contribution in [2.75, 3.05) is 18.4 Å². The van der Waals surface area contributed by atoms with E-state index < -0.39 is 0 Å². The number of carbonyl (C=O) groups excluding carboxylic acids is 1. The number of aromatic nitrogens is 3. The fraction of sp³-hybridized carbons (Fsp3) is 0.320. The minimum Gasteiger partial charge on any atom is -0.351 e. The molecule has 0 atom stereocenters. The summed E-state index contributed by atoms with van der Waals surface area (Å²) in [6.07, 6.45) is 5.44. The second-order valence-electron chi connectivity index (χ2n) is 8.52. The largest absolute Gasteiger partial charge is 0.351 e. The first-order valence-corrected chi connectivity index (χ1v) is 12.0. The molecule has 4 rings (SSSR count). The highest BCUT2D eigenvalue weighted by Gasteiger charge is 2.14. The van der Waals surface area contributed by atoms with Crippen molar-refractivity contribution in [2.45, 2.75) is 39.8 Å². The van der Waals surface area contributed by atoms with E-state index in [1.165, 1.54) is 11.3 Å². The fourth-order valence-electron chi connectivity index (χ4n) is 3.88. The normalized spacial score (nSPS) is 11.6. The van der Waals surface area contributed by atoms with Crippen LogP contribution in [0.4, 0.5) is 10.8 Å². The molecular formula is C25H30N6OS. The van der Waals surface area contributed by atoms with Crippen molar-refractivity contribution in [2.24, 2.45) is 0 Å². The molecular weight excluding hydrogens is 432 g/mol. The molecule has 2 N–H and O–H groups in total. The Kier molecular flexibility index (Phi) is 7.05. The van der Waals surface area contributed by atoms with E-state index in [9.17, 15) is 4.79 Å². The van der Waals surface area contributed by atoms with Crippen LogP contribution >= 0.6 is 11.3 Å². The monoisotopic (exact) mass is 462 g/mol. The van der Waals surface area contributed by atoms with Crippen molar-refractivity contribution in [3.63, 3.8) is 0 Å². The van der Waals surface area contributed by atoms with Crippen LogP contribution in [0, 0.1) is 0 Å². The summed E-state index contributed by atoms with van der Waals surface area (Å²) in [5, 5.41) is 7.20. The SMILES string of the molecule is CC(C)N(CCNC(=O)c1ccc2nc(Nc3ccc(-n4ccnc4)cc3)sc2c1)C(C)C. The topological polar surface area (TPSA) is 75.1 Å². The zero-order valence-corrected chi connectivity index (χ0v) is 20.3. The number of carbonyl (C=O) groups is 1. The quantitative estimate of drug-likeness (QED) is 0.363. The predicted octanol–water partition coefficient (Wildman–Crippen LogP) is 5.07. The molecule has 0 saturated carbocycles. The molecule has 0 aliphatic carbocycles. The van der Waals surface area contributed by atoms with E-state index in [0.29, 0.717) is 24.2 Å². The van der Waals surface area contributed by atoms with Gasteiger partial charge in [0, 0.05) is 54.5 Å². The summed E-state index contributed by atoms with van der Waals surface area (Å²) in [5.74, 6) is -0.0534. The Morgan fingerprint density at radius 2 is 1.85 bits per heavy atom. The Bertz CT molecular complexity index is 1190. The molecule has 0 bridgehead atoms. The number of rotatable bonds is 9. The van der Waals surface area contributed by atoms with Crippen LogP contribution < -0.4 is 10.6 Å². The van der Waals surface area contributed by atoms with E-state index in [0.717, 1.165) is 33.3 Å². The minimum atomic E-state index is -0.0534. The lowest BCUT2D eigenvalue weighted by molar-refractivity contribution is 0.0939. The van der Waals surface area contributed by atoms with Gasteiger partial charge in [0.05, 0.1) is 16.5 Å². The molecule has 0 radical (unpaired) electrons. The molecule has 0 aliphatic rings. The van der Waals surface area contributed by atoms with Gasteiger partial charge in [-0.05, 0) is 70.2 Å². The number of amides is 1. The summed E-state index contributed by atoms with van der Waals surface area (Å²) in [6, 6.07) is 14.6. The lowest BCUT2D eigenvalue weighted by Gasteiger charge is -2.30. The highest BCUT2D eigenvalue weighted by molar-refractivity contribution is 7.22. The number of nitrogens with zero attached hydrogens (tertiary/aromatic N) is 4. The van der Waals surface area contributed by atoms with E-state index in [2.05, 4.69) is 53.2 Å². The number of anilines is 2. The van der Waals surface area contributed by atoms with Crippen LogP contribution in [0.5, 0.6) is 0 Å². The Hall–Kier alpha value is -3.23. The molecule has 2 aromatic carbocycles. The lowest BCUT2D eigenvalue weighted by atomic mass is 10.2. The molecule has 7 nitrogen and oxygen atoms in total. The van der Waals surface area contributed by atoms with Gasteiger partial charge in [0.15, 0.2) is 5.13 Å². The van der Waals surface area contributed by atoms with E-state index in [-0.39, 0.29) is 5.91 Å². The minimum absolute atomic E-state index is 0.0534. The van der Waals surface area contributed by atoms with Gasteiger partial charge in [0.25, 0.3) is 5.91 Å². The van der Waals surface area contributed by atoms with Crippen LogP contribution in [-0.2, 0) is 0 Å². The highest BCUT2D eigenvalue weighted by atomic mass is 32.1. The number of hydrogen-bond donors (Lipinski definition) is 2. The molecule has 2 aromatic heterocycles. The number of nitrogens with one attached hydrogen (secondary N) is 2. The van der Waals surface area contributed by atoms with Gasteiger partial charge in [0.1, 0.15) is 0 Å². The van der Waals surface area contributed by atoms with Crippen molar-refractivity contribution in [3.8, 4) is 5.69 Å². The first kappa shape index (κ1) is 22.9. The van der Waals surface area contributed by atoms with E-state index in [1.807, 2.05) is 53.2 Å². The van der Waals surface area contributed by atoms with Gasteiger partial charge in [-0.15, -0.1) is 0 Å². The summed E-state index contributed by atoms with van der Waals surface area (Å²) in [5.41, 5.74) is 3.53. The molecule has 0 aliphatic heterocycles. The molecule has 0 fully saturated rings. The van der Waals surface area contributed by atoms with Crippen molar-refractivity contribution < 1.29 is 4.79 Å². The van der Waals surface area contributed by atoms with Crippen LogP contribution in [0.2, 0.25) is 0 Å². The summed E-state index contributed by atoms with van der Waals surface area (Å²) in [6.45, 7) is 10.2. The van der Waals surface area contributed by atoms with Crippen LogP contribution in [0.15, 0.2) is 61.2 Å². The van der Waals surface area contributed by atoms with Crippen molar-refractivity contribution in [3.05, 3.63) is 66.7 Å². The number of thiazole rings is 1. The maximum absolute atomic E-state index is 12.7. The number of fused-ring (bicyclic) bond motifs is 1. The maximum Gasteiger partial charge on any atom is 0.251 e. The molecule has 0 unspecified atom stereocenters. The van der Waals surface area contributed by atoms with E-state index >= 15 is 0 Å². The standard InChI is InChI=1S/C25H30N6OS/c1-17(2)31(18(3)4)14-12-27-24(32)19-5-10-22-23(15-19)33-25(29-22)28-20-6-8-21(9-7-20)30-13-11-26-16-30/h5-11,13,15-18H,12,14H2,1-4H3,(H,27,32)(H,28,29). The van der Waals surface area contributed by atoms with Crippen LogP contribution in [0.3, 0.4) is 0 Å². The van der Waals surface area contributed by atoms with Crippen LogP contribution in [0.1, 0.15) is 38.1 Å². The average Bonchev–Trinajstić information content (AvgIpc) is 3.45. The first-order valence-electron chi connectivity index (χ1n) is 11.2. The Morgan fingerprint density at radius 3 is 2.52 bits per heavy atom. The molecule has 1 amide bonds. The molecule has 8 heteroatoms. The van der Waals surface area contributed by atoms with Crippen LogP contribution in [-0.4, -0.2) is 50.5 Å². The maximum atomic E-state index is 12.7. The molecule has 0 saturated heterocycles. The van der Waals surface area contributed by atoms with Gasteiger partial charge in [-0.1, -0.05) is 11.3 Å². The van der Waals surface area contributed by atoms with Crippen molar-refractivity contribution in [1.82, 2.24) is 24.8 Å². The Balaban J connectivity index is 1.39. The molecule has 0 spiro atoms. The van der Waals surface area contributed by atoms with Crippen LogP contribution in [0.25, 0.3) is 15.9 Å². The van der Waals surface area contributed by atoms with Gasteiger partial charge in [-0.2, -0.15) is 0 Å². The summed E-state index contributed by atoms with van der Waals surface area (Å²) >= 11 is 1.54. The van der Waals surface area contributed by atoms with E-state index in [4.69, 9.17) is 0 Å².